The maximum atomic E-state index is 12.8. The summed E-state index contributed by atoms with van der Waals surface area (Å²) in [6, 6.07) is 12.0. The van der Waals surface area contributed by atoms with Crippen molar-refractivity contribution in [1.29, 1.82) is 0 Å². The molecule has 186 valence electrons. The molecule has 0 bridgehead atoms. The zero-order valence-corrected chi connectivity index (χ0v) is 21.9. The number of rotatable bonds is 10. The van der Waals surface area contributed by atoms with Gasteiger partial charge in [0.2, 0.25) is 5.91 Å². The summed E-state index contributed by atoms with van der Waals surface area (Å²) in [4.78, 5) is 48.1. The van der Waals surface area contributed by atoms with Gasteiger partial charge in [0, 0.05) is 17.4 Å². The fraction of sp³-hybridized carbons (Fsp3) is 0.208. The Morgan fingerprint density at radius 3 is 2.61 bits per heavy atom. The van der Waals surface area contributed by atoms with Crippen LogP contribution in [0, 0.1) is 6.92 Å². The second-order valence-electron chi connectivity index (χ2n) is 7.46. The quantitative estimate of drug-likeness (QED) is 0.131. The number of carbonyl (C=O) groups excluding carboxylic acids is 3. The van der Waals surface area contributed by atoms with Crippen LogP contribution in [-0.2, 0) is 14.3 Å². The Labute approximate surface area is 219 Å². The molecule has 3 aromatic heterocycles. The van der Waals surface area contributed by atoms with Crippen LogP contribution in [0.3, 0.4) is 0 Å². The summed E-state index contributed by atoms with van der Waals surface area (Å²) in [5.74, 6) is -1.69. The van der Waals surface area contributed by atoms with Gasteiger partial charge < -0.3 is 20.5 Å². The summed E-state index contributed by atoms with van der Waals surface area (Å²) in [5.41, 5.74) is 7.00. The van der Waals surface area contributed by atoms with E-state index in [1.54, 1.807) is 18.3 Å². The zero-order chi connectivity index (χ0) is 25.7. The van der Waals surface area contributed by atoms with E-state index in [1.807, 2.05) is 36.4 Å². The molecule has 9 nitrogen and oxygen atoms in total. The molecule has 3 N–H and O–H groups in total. The summed E-state index contributed by atoms with van der Waals surface area (Å²) in [6.45, 7) is 1.85. The zero-order valence-electron chi connectivity index (χ0n) is 19.4. The SMILES string of the molecule is COCCOC(=O)c1c(NC(=O)CSc2ncnc3sc(-c4ccccc4)cc23)sc(C(N)=O)c1C. The van der Waals surface area contributed by atoms with Crippen molar-refractivity contribution in [1.82, 2.24) is 9.97 Å². The van der Waals surface area contributed by atoms with E-state index in [4.69, 9.17) is 15.2 Å². The number of carbonyl (C=O) groups is 3. The van der Waals surface area contributed by atoms with Crippen molar-refractivity contribution in [3.8, 4) is 10.4 Å². The van der Waals surface area contributed by atoms with Gasteiger partial charge in [0.1, 0.15) is 27.8 Å². The summed E-state index contributed by atoms with van der Waals surface area (Å²) < 4.78 is 10.1. The number of methoxy groups -OCH3 is 1. The Kier molecular flexibility index (Phi) is 8.31. The lowest BCUT2D eigenvalue weighted by Gasteiger charge is -2.08. The number of fused-ring (bicyclic) bond motifs is 1. The van der Waals surface area contributed by atoms with E-state index in [2.05, 4.69) is 15.3 Å². The lowest BCUT2D eigenvalue weighted by Crippen LogP contribution is -2.17. The number of nitrogens with two attached hydrogens (primary N) is 1. The standard InChI is InChI=1S/C24H22N4O5S3/c1-13-18(24(31)33-9-8-32-2)23(36-19(13)20(25)30)28-17(29)11-34-21-15-10-16(14-6-4-3-5-7-14)35-22(15)27-12-26-21/h3-7,10,12H,8-9,11H2,1-2H3,(H2,25,30)(H,28,29). The van der Waals surface area contributed by atoms with Gasteiger partial charge in [0.25, 0.3) is 5.91 Å². The number of amides is 2. The number of benzene rings is 1. The molecular formula is C24H22N4O5S3. The van der Waals surface area contributed by atoms with Crippen LogP contribution in [0.5, 0.6) is 0 Å². The van der Waals surface area contributed by atoms with E-state index < -0.39 is 11.9 Å². The van der Waals surface area contributed by atoms with Crippen LogP contribution in [0.15, 0.2) is 47.8 Å². The highest BCUT2D eigenvalue weighted by Gasteiger charge is 2.26. The molecule has 4 rings (SSSR count). The Bertz CT molecular complexity index is 1420. The monoisotopic (exact) mass is 542 g/mol. The molecule has 0 radical (unpaired) electrons. The van der Waals surface area contributed by atoms with Crippen molar-refractivity contribution < 1.29 is 23.9 Å². The van der Waals surface area contributed by atoms with Gasteiger partial charge in [-0.1, -0.05) is 42.1 Å². The van der Waals surface area contributed by atoms with Crippen molar-refractivity contribution in [2.45, 2.75) is 11.9 Å². The molecule has 0 fully saturated rings. The topological polar surface area (TPSA) is 134 Å². The minimum absolute atomic E-state index is 0.0314. The normalized spacial score (nSPS) is 10.9. The second kappa shape index (κ2) is 11.6. The van der Waals surface area contributed by atoms with E-state index in [0.29, 0.717) is 10.6 Å². The van der Waals surface area contributed by atoms with Crippen molar-refractivity contribution in [2.24, 2.45) is 5.73 Å². The van der Waals surface area contributed by atoms with E-state index in [0.717, 1.165) is 32.0 Å². The highest BCUT2D eigenvalue weighted by atomic mass is 32.2. The van der Waals surface area contributed by atoms with Gasteiger partial charge in [0.15, 0.2) is 0 Å². The van der Waals surface area contributed by atoms with Gasteiger partial charge in [-0.2, -0.15) is 0 Å². The molecular weight excluding hydrogens is 520 g/mol. The average molecular weight is 543 g/mol. The van der Waals surface area contributed by atoms with Crippen molar-refractivity contribution in [3.05, 3.63) is 58.7 Å². The van der Waals surface area contributed by atoms with Crippen LogP contribution in [0.25, 0.3) is 20.7 Å². The Hall–Kier alpha value is -3.32. The summed E-state index contributed by atoms with van der Waals surface area (Å²) in [6.07, 6.45) is 1.48. The van der Waals surface area contributed by atoms with Crippen LogP contribution in [0.2, 0.25) is 0 Å². The fourth-order valence-electron chi connectivity index (χ4n) is 3.36. The number of hydrogen-bond donors (Lipinski definition) is 2. The van der Waals surface area contributed by atoms with Crippen molar-refractivity contribution in [2.75, 3.05) is 31.4 Å². The summed E-state index contributed by atoms with van der Waals surface area (Å²) in [5, 5.41) is 4.48. The Morgan fingerprint density at radius 2 is 1.89 bits per heavy atom. The van der Waals surface area contributed by atoms with Gasteiger partial charge in [-0.15, -0.1) is 22.7 Å². The first-order valence-electron chi connectivity index (χ1n) is 10.7. The minimum atomic E-state index is -0.687. The number of primary amides is 1. The summed E-state index contributed by atoms with van der Waals surface area (Å²) >= 11 is 3.76. The molecule has 0 saturated heterocycles. The molecule has 0 spiro atoms. The number of nitrogens with zero attached hydrogens (tertiary/aromatic N) is 2. The highest BCUT2D eigenvalue weighted by Crippen LogP contribution is 2.37. The van der Waals surface area contributed by atoms with E-state index in [9.17, 15) is 14.4 Å². The van der Waals surface area contributed by atoms with Crippen LogP contribution in [-0.4, -0.2) is 53.8 Å². The molecule has 36 heavy (non-hydrogen) atoms. The van der Waals surface area contributed by atoms with Crippen LogP contribution in [0.1, 0.15) is 25.6 Å². The minimum Gasteiger partial charge on any atom is -0.460 e. The maximum Gasteiger partial charge on any atom is 0.341 e. The predicted molar refractivity (Wildman–Crippen MR) is 142 cm³/mol. The van der Waals surface area contributed by atoms with Crippen LogP contribution in [0.4, 0.5) is 5.00 Å². The van der Waals surface area contributed by atoms with Crippen LogP contribution < -0.4 is 11.1 Å². The molecule has 0 aliphatic rings. The smallest absolute Gasteiger partial charge is 0.341 e. The van der Waals surface area contributed by atoms with Gasteiger partial charge in [0.05, 0.1) is 22.8 Å². The van der Waals surface area contributed by atoms with Gasteiger partial charge in [-0.3, -0.25) is 9.59 Å². The molecule has 4 aromatic rings. The number of aromatic nitrogens is 2. The van der Waals surface area contributed by atoms with Gasteiger partial charge in [-0.25, -0.2) is 14.8 Å². The molecule has 12 heteroatoms. The van der Waals surface area contributed by atoms with Crippen molar-refractivity contribution in [3.63, 3.8) is 0 Å². The number of nitrogens with one attached hydrogen (secondary N) is 1. The number of thiophene rings is 2. The number of ether oxygens (including phenoxy) is 2. The number of thioether (sulfide) groups is 1. The van der Waals surface area contributed by atoms with Gasteiger partial charge >= 0.3 is 5.97 Å². The number of esters is 1. The lowest BCUT2D eigenvalue weighted by atomic mass is 10.1. The first-order chi connectivity index (χ1) is 17.4. The first-order valence-corrected chi connectivity index (χ1v) is 13.3. The van der Waals surface area contributed by atoms with Crippen LogP contribution >= 0.6 is 34.4 Å². The Morgan fingerprint density at radius 1 is 1.11 bits per heavy atom. The highest BCUT2D eigenvalue weighted by molar-refractivity contribution is 8.00. The van der Waals surface area contributed by atoms with Crippen molar-refractivity contribution >= 4 is 67.4 Å². The third-order valence-electron chi connectivity index (χ3n) is 5.04. The largest absolute Gasteiger partial charge is 0.460 e. The van der Waals surface area contributed by atoms with E-state index >= 15 is 0 Å². The molecule has 0 unspecified atom stereocenters. The molecule has 2 amide bonds. The summed E-state index contributed by atoms with van der Waals surface area (Å²) in [7, 11) is 1.49. The lowest BCUT2D eigenvalue weighted by molar-refractivity contribution is -0.113. The predicted octanol–water partition coefficient (Wildman–Crippen LogP) is 4.36. The number of anilines is 1. The third kappa shape index (κ3) is 5.73. The first kappa shape index (κ1) is 25.8. The molecule has 0 atom stereocenters. The number of hydrogen-bond acceptors (Lipinski definition) is 10. The molecule has 0 aliphatic heterocycles. The molecule has 3 heterocycles. The molecule has 1 aromatic carbocycles. The third-order valence-corrected chi connectivity index (χ3v) is 8.36. The maximum absolute atomic E-state index is 12.8. The van der Waals surface area contributed by atoms with E-state index in [1.165, 1.54) is 25.2 Å². The van der Waals surface area contributed by atoms with Gasteiger partial charge in [-0.05, 0) is 24.1 Å². The molecule has 0 saturated carbocycles. The average Bonchev–Trinajstić information content (AvgIpc) is 3.45. The van der Waals surface area contributed by atoms with E-state index in [-0.39, 0.29) is 40.3 Å². The fourth-order valence-corrected chi connectivity index (χ4v) is 6.27. The Balaban J connectivity index is 1.50. The second-order valence-corrected chi connectivity index (χ2v) is 10.5. The molecule has 0 aliphatic carbocycles.